The van der Waals surface area contributed by atoms with E-state index in [2.05, 4.69) is 11.9 Å². The molecule has 0 aliphatic carbocycles. The Hall–Kier alpha value is -4.14. The van der Waals surface area contributed by atoms with Crippen molar-refractivity contribution >= 4 is 18.2 Å². The van der Waals surface area contributed by atoms with E-state index in [-0.39, 0.29) is 12.4 Å². The van der Waals surface area contributed by atoms with E-state index in [1.54, 1.807) is 64.2 Å². The summed E-state index contributed by atoms with van der Waals surface area (Å²) in [5, 5.41) is 9.64. The van der Waals surface area contributed by atoms with Crippen molar-refractivity contribution in [2.45, 2.75) is 71.3 Å². The van der Waals surface area contributed by atoms with Crippen LogP contribution in [-0.4, -0.2) is 56.9 Å². The minimum Gasteiger partial charge on any atom is -0.464 e. The number of carboxylic acid groups (broad SMARTS) is 1. The zero-order valence-corrected chi connectivity index (χ0v) is 23.9. The van der Waals surface area contributed by atoms with E-state index in [4.69, 9.17) is 9.47 Å². The zero-order valence-electron chi connectivity index (χ0n) is 23.9. The number of hydrogen-bond donors (Lipinski definition) is 1. The van der Waals surface area contributed by atoms with E-state index in [9.17, 15) is 19.5 Å². The molecule has 0 bridgehead atoms. The molecule has 1 amide bonds. The Morgan fingerprint density at radius 2 is 1.68 bits per heavy atom. The topological polar surface area (TPSA) is 111 Å². The van der Waals surface area contributed by atoms with Crippen molar-refractivity contribution in [3.8, 4) is 5.75 Å². The molecule has 9 nitrogen and oxygen atoms in total. The number of esters is 1. The van der Waals surface area contributed by atoms with Crippen LogP contribution in [0.1, 0.15) is 86.6 Å². The lowest BCUT2D eigenvalue weighted by molar-refractivity contribution is 0.0292. The number of nitrogens with zero attached hydrogens (tertiary/aromatic N) is 3. The summed E-state index contributed by atoms with van der Waals surface area (Å²) >= 11 is 0. The summed E-state index contributed by atoms with van der Waals surface area (Å²) in [6.45, 7) is 7.62. The number of carbonyl (C=O) groups is 3. The maximum atomic E-state index is 12.7. The van der Waals surface area contributed by atoms with Crippen molar-refractivity contribution in [3.05, 3.63) is 83.4 Å². The van der Waals surface area contributed by atoms with Gasteiger partial charge in [-0.2, -0.15) is 0 Å². The first kappa shape index (κ1) is 30.4. The molecule has 1 atom stereocenters. The van der Waals surface area contributed by atoms with Gasteiger partial charge in [-0.05, 0) is 69.0 Å². The lowest BCUT2D eigenvalue weighted by atomic mass is 9.97. The minimum absolute atomic E-state index is 0.114. The van der Waals surface area contributed by atoms with Crippen molar-refractivity contribution < 1.29 is 29.0 Å². The fourth-order valence-corrected chi connectivity index (χ4v) is 4.26. The number of carbonyl (C=O) groups excluding carboxylic acids is 2. The summed E-state index contributed by atoms with van der Waals surface area (Å²) in [6.07, 6.45) is 6.77. The number of amides is 1. The molecule has 0 radical (unpaired) electrons. The fourth-order valence-electron chi connectivity index (χ4n) is 4.26. The molecule has 1 unspecified atom stereocenters. The van der Waals surface area contributed by atoms with Crippen molar-refractivity contribution in [2.75, 3.05) is 13.6 Å². The highest BCUT2D eigenvalue weighted by Gasteiger charge is 2.27. The van der Waals surface area contributed by atoms with Gasteiger partial charge < -0.3 is 19.5 Å². The average molecular weight is 550 g/mol. The summed E-state index contributed by atoms with van der Waals surface area (Å²) < 4.78 is 12.1. The second-order valence-corrected chi connectivity index (χ2v) is 10.8. The molecule has 0 saturated heterocycles. The molecule has 214 valence electrons. The first-order valence-corrected chi connectivity index (χ1v) is 13.6. The molecule has 0 aliphatic rings. The number of benzene rings is 2. The molecule has 1 N–H and O–H groups in total. The third-order valence-electron chi connectivity index (χ3n) is 6.35. The third kappa shape index (κ3) is 8.69. The summed E-state index contributed by atoms with van der Waals surface area (Å²) in [6, 6.07) is 14.2. The van der Waals surface area contributed by atoms with Crippen LogP contribution in [0.4, 0.5) is 9.59 Å². The Morgan fingerprint density at radius 3 is 2.27 bits per heavy atom. The van der Waals surface area contributed by atoms with Crippen LogP contribution in [-0.2, 0) is 11.2 Å². The molecule has 3 rings (SSSR count). The molecule has 1 aromatic heterocycles. The first-order chi connectivity index (χ1) is 19.0. The number of imidazole rings is 1. The highest BCUT2D eigenvalue weighted by atomic mass is 16.6. The van der Waals surface area contributed by atoms with E-state index >= 15 is 0 Å². The number of aromatic nitrogens is 2. The predicted molar refractivity (Wildman–Crippen MR) is 152 cm³/mol. The van der Waals surface area contributed by atoms with Gasteiger partial charge >= 0.3 is 18.2 Å². The van der Waals surface area contributed by atoms with Crippen LogP contribution >= 0.6 is 0 Å². The molecule has 3 aromatic rings. The number of hydrogen-bond acceptors (Lipinski definition) is 6. The van der Waals surface area contributed by atoms with Crippen LogP contribution < -0.4 is 4.74 Å². The maximum Gasteiger partial charge on any atom is 0.417 e. The largest absolute Gasteiger partial charge is 0.464 e. The second-order valence-electron chi connectivity index (χ2n) is 10.8. The van der Waals surface area contributed by atoms with Crippen LogP contribution in [0.25, 0.3) is 0 Å². The number of ether oxygens (including phenoxy) is 2. The van der Waals surface area contributed by atoms with Gasteiger partial charge in [0.15, 0.2) is 0 Å². The van der Waals surface area contributed by atoms with Crippen LogP contribution in [0, 0.1) is 0 Å². The van der Waals surface area contributed by atoms with Crippen LogP contribution in [0.2, 0.25) is 0 Å². The Labute approximate surface area is 235 Å². The molecule has 40 heavy (non-hydrogen) atoms. The number of likely N-dealkylation sites (N-methyl/N-ethyl adjacent to an activating group) is 1. The van der Waals surface area contributed by atoms with Crippen molar-refractivity contribution in [3.63, 3.8) is 0 Å². The van der Waals surface area contributed by atoms with Gasteiger partial charge in [-0.25, -0.2) is 23.9 Å². The summed E-state index contributed by atoms with van der Waals surface area (Å²) in [4.78, 5) is 42.8. The quantitative estimate of drug-likeness (QED) is 0.160. The molecular formula is C31H39N3O6. The Balaban J connectivity index is 1.74. The summed E-state index contributed by atoms with van der Waals surface area (Å²) in [7, 11) is 1.59. The molecular weight excluding hydrogens is 510 g/mol. The molecule has 0 aliphatic heterocycles. The van der Waals surface area contributed by atoms with Gasteiger partial charge in [-0.1, -0.05) is 50.5 Å². The van der Waals surface area contributed by atoms with Crippen LogP contribution in [0.15, 0.2) is 60.9 Å². The van der Waals surface area contributed by atoms with E-state index in [0.29, 0.717) is 16.9 Å². The van der Waals surface area contributed by atoms with Crippen molar-refractivity contribution in [1.82, 2.24) is 14.5 Å². The van der Waals surface area contributed by atoms with Gasteiger partial charge in [0.1, 0.15) is 17.2 Å². The number of aryl methyl sites for hydroxylation is 1. The maximum absolute atomic E-state index is 12.7. The summed E-state index contributed by atoms with van der Waals surface area (Å²) in [5.41, 5.74) is 1.66. The highest BCUT2D eigenvalue weighted by molar-refractivity contribution is 5.91. The molecule has 2 aromatic carbocycles. The van der Waals surface area contributed by atoms with Crippen LogP contribution in [0.5, 0.6) is 5.75 Å². The minimum atomic E-state index is -1.19. The fraction of sp³-hybridized carbons (Fsp3) is 0.419. The molecule has 0 saturated carbocycles. The monoisotopic (exact) mass is 549 g/mol. The number of unbranched alkanes of at least 4 members (excludes halogenated alkanes) is 3. The van der Waals surface area contributed by atoms with E-state index in [0.717, 1.165) is 17.4 Å². The van der Waals surface area contributed by atoms with E-state index in [1.807, 2.05) is 12.1 Å². The lowest BCUT2D eigenvalue weighted by Crippen LogP contribution is -2.37. The zero-order chi connectivity index (χ0) is 29.3. The third-order valence-corrected chi connectivity index (χ3v) is 6.35. The van der Waals surface area contributed by atoms with Gasteiger partial charge in [0.05, 0.1) is 11.5 Å². The van der Waals surface area contributed by atoms with Crippen molar-refractivity contribution in [2.24, 2.45) is 0 Å². The Bertz CT molecular complexity index is 1280. The Morgan fingerprint density at radius 1 is 1.00 bits per heavy atom. The van der Waals surface area contributed by atoms with Gasteiger partial charge in [-0.3, -0.25) is 0 Å². The lowest BCUT2D eigenvalue weighted by Gasteiger charge is -2.27. The molecule has 0 spiro atoms. The Kier molecular flexibility index (Phi) is 10.5. The second kappa shape index (κ2) is 13.8. The highest BCUT2D eigenvalue weighted by Crippen LogP contribution is 2.27. The molecule has 0 fully saturated rings. The molecule has 9 heteroatoms. The summed E-state index contributed by atoms with van der Waals surface area (Å²) in [5.74, 6) is -0.452. The normalized spacial score (nSPS) is 12.0. The van der Waals surface area contributed by atoms with E-state index < -0.39 is 29.7 Å². The van der Waals surface area contributed by atoms with E-state index in [1.165, 1.54) is 42.1 Å². The van der Waals surface area contributed by atoms with Gasteiger partial charge in [0, 0.05) is 26.0 Å². The number of rotatable bonds is 11. The first-order valence-electron chi connectivity index (χ1n) is 13.6. The SMILES string of the molecule is CCCCCCc1ccc(C(=O)Oc2ccc(C(CN(C)C(=O)OC(C)(C)C)c3nccn3C(=O)O)cc2)cc1. The van der Waals surface area contributed by atoms with Gasteiger partial charge in [0.2, 0.25) is 0 Å². The van der Waals surface area contributed by atoms with Gasteiger partial charge in [0.25, 0.3) is 0 Å². The predicted octanol–water partition coefficient (Wildman–Crippen LogP) is 6.75. The van der Waals surface area contributed by atoms with Crippen molar-refractivity contribution in [1.29, 1.82) is 0 Å². The van der Waals surface area contributed by atoms with Crippen LogP contribution in [0.3, 0.4) is 0 Å². The average Bonchev–Trinajstić information content (AvgIpc) is 3.40. The van der Waals surface area contributed by atoms with Gasteiger partial charge in [-0.15, -0.1) is 0 Å². The standard InChI is InChI=1S/C31H39N3O6/c1-6-7-8-9-10-22-11-13-24(14-12-22)28(35)39-25-17-15-23(16-18-25)26(27-32-19-20-34(27)29(36)37)21-33(5)30(38)40-31(2,3)4/h11-20,26H,6-10,21H2,1-5H3,(H,36,37). The smallest absolute Gasteiger partial charge is 0.417 e. The molecule has 1 heterocycles.